The number of anilines is 1. The van der Waals surface area contributed by atoms with Gasteiger partial charge in [-0.05, 0) is 24.3 Å². The second-order valence-corrected chi connectivity index (χ2v) is 6.99. The SMILES string of the molecule is CN(C)S(=O)(=O)c1ccc(Oc2ccccc2)c(N)c1Cl. The molecule has 0 aliphatic heterocycles. The van der Waals surface area contributed by atoms with Crippen molar-refractivity contribution in [3.63, 3.8) is 0 Å². The topological polar surface area (TPSA) is 72.6 Å². The number of nitrogens with zero attached hydrogens (tertiary/aromatic N) is 1. The Balaban J connectivity index is 2.44. The maximum absolute atomic E-state index is 12.1. The van der Waals surface area contributed by atoms with Crippen LogP contribution < -0.4 is 10.5 Å². The summed E-state index contributed by atoms with van der Waals surface area (Å²) in [4.78, 5) is -0.0490. The largest absolute Gasteiger partial charge is 0.455 e. The van der Waals surface area contributed by atoms with Crippen LogP contribution in [-0.2, 0) is 10.0 Å². The zero-order valence-electron chi connectivity index (χ0n) is 11.6. The van der Waals surface area contributed by atoms with Crippen molar-refractivity contribution in [2.45, 2.75) is 4.90 Å². The first kappa shape index (κ1) is 15.6. The van der Waals surface area contributed by atoms with E-state index < -0.39 is 10.0 Å². The van der Waals surface area contributed by atoms with E-state index >= 15 is 0 Å². The van der Waals surface area contributed by atoms with E-state index in [1.807, 2.05) is 18.2 Å². The van der Waals surface area contributed by atoms with Gasteiger partial charge < -0.3 is 10.5 Å². The normalized spacial score (nSPS) is 11.6. The Kier molecular flexibility index (Phi) is 4.41. The first-order valence-electron chi connectivity index (χ1n) is 6.07. The predicted octanol–water partition coefficient (Wildman–Crippen LogP) is 2.96. The van der Waals surface area contributed by atoms with Gasteiger partial charge in [-0.3, -0.25) is 0 Å². The van der Waals surface area contributed by atoms with Gasteiger partial charge in [-0.2, -0.15) is 0 Å². The molecule has 112 valence electrons. The van der Waals surface area contributed by atoms with Crippen molar-refractivity contribution in [2.75, 3.05) is 19.8 Å². The Morgan fingerprint density at radius 3 is 2.29 bits per heavy atom. The molecule has 2 rings (SSSR count). The van der Waals surface area contributed by atoms with Crippen molar-refractivity contribution in [2.24, 2.45) is 0 Å². The molecule has 2 aromatic rings. The van der Waals surface area contributed by atoms with Crippen molar-refractivity contribution >= 4 is 27.3 Å². The van der Waals surface area contributed by atoms with Crippen LogP contribution in [0.25, 0.3) is 0 Å². The van der Waals surface area contributed by atoms with Gasteiger partial charge >= 0.3 is 0 Å². The van der Waals surface area contributed by atoms with Gasteiger partial charge in [-0.1, -0.05) is 29.8 Å². The lowest BCUT2D eigenvalue weighted by molar-refractivity contribution is 0.484. The summed E-state index contributed by atoms with van der Waals surface area (Å²) in [6.45, 7) is 0. The van der Waals surface area contributed by atoms with Crippen molar-refractivity contribution in [1.29, 1.82) is 0 Å². The lowest BCUT2D eigenvalue weighted by atomic mass is 10.3. The molecular formula is C14H15ClN2O3S. The second-order valence-electron chi connectivity index (χ2n) is 4.49. The molecule has 0 bridgehead atoms. The van der Waals surface area contributed by atoms with Crippen LogP contribution in [0.5, 0.6) is 11.5 Å². The molecule has 0 aromatic heterocycles. The number of sulfonamides is 1. The number of para-hydroxylation sites is 1. The first-order chi connectivity index (χ1) is 9.84. The average Bonchev–Trinajstić information content (AvgIpc) is 2.44. The Bertz CT molecular complexity index is 746. The van der Waals surface area contributed by atoms with Gasteiger partial charge in [-0.15, -0.1) is 0 Å². The summed E-state index contributed by atoms with van der Waals surface area (Å²) in [5.74, 6) is 0.896. The monoisotopic (exact) mass is 326 g/mol. The fraction of sp³-hybridized carbons (Fsp3) is 0.143. The summed E-state index contributed by atoms with van der Waals surface area (Å²) < 4.78 is 30.9. The smallest absolute Gasteiger partial charge is 0.244 e. The molecule has 0 saturated heterocycles. The number of benzene rings is 2. The maximum Gasteiger partial charge on any atom is 0.244 e. The van der Waals surface area contributed by atoms with Crippen LogP contribution in [0.4, 0.5) is 5.69 Å². The van der Waals surface area contributed by atoms with Crippen LogP contribution in [-0.4, -0.2) is 26.8 Å². The Morgan fingerprint density at radius 1 is 1.10 bits per heavy atom. The van der Waals surface area contributed by atoms with Crippen LogP contribution in [0.2, 0.25) is 5.02 Å². The summed E-state index contributed by atoms with van der Waals surface area (Å²) in [7, 11) is -0.800. The average molecular weight is 327 g/mol. The first-order valence-corrected chi connectivity index (χ1v) is 7.89. The summed E-state index contributed by atoms with van der Waals surface area (Å²) in [5.41, 5.74) is 5.97. The zero-order chi connectivity index (χ0) is 15.6. The number of halogens is 1. The molecule has 7 heteroatoms. The molecule has 2 aromatic carbocycles. The lowest BCUT2D eigenvalue weighted by Gasteiger charge is -2.16. The molecule has 5 nitrogen and oxygen atoms in total. The van der Waals surface area contributed by atoms with Crippen LogP contribution in [0, 0.1) is 0 Å². The molecule has 0 amide bonds. The van der Waals surface area contributed by atoms with E-state index in [2.05, 4.69) is 0 Å². The fourth-order valence-corrected chi connectivity index (χ4v) is 3.07. The minimum atomic E-state index is -3.65. The molecule has 0 radical (unpaired) electrons. The van der Waals surface area contributed by atoms with Gasteiger partial charge in [-0.25, -0.2) is 12.7 Å². The highest BCUT2D eigenvalue weighted by Crippen LogP contribution is 2.37. The molecule has 0 atom stereocenters. The molecular weight excluding hydrogens is 312 g/mol. The quantitative estimate of drug-likeness (QED) is 0.877. The molecule has 0 fully saturated rings. The van der Waals surface area contributed by atoms with Gasteiger partial charge in [0, 0.05) is 14.1 Å². The number of hydrogen-bond acceptors (Lipinski definition) is 4. The highest BCUT2D eigenvalue weighted by Gasteiger charge is 2.23. The summed E-state index contributed by atoms with van der Waals surface area (Å²) in [5, 5.41) is -0.0443. The van der Waals surface area contributed by atoms with E-state index in [0.717, 1.165) is 4.31 Å². The van der Waals surface area contributed by atoms with E-state index in [1.54, 1.807) is 12.1 Å². The second kappa shape index (κ2) is 5.93. The Labute approximate surface area is 128 Å². The number of nitrogen functional groups attached to an aromatic ring is 1. The zero-order valence-corrected chi connectivity index (χ0v) is 13.1. The van der Waals surface area contributed by atoms with E-state index in [0.29, 0.717) is 11.5 Å². The van der Waals surface area contributed by atoms with E-state index in [-0.39, 0.29) is 15.6 Å². The third kappa shape index (κ3) is 3.12. The van der Waals surface area contributed by atoms with E-state index in [1.165, 1.54) is 26.2 Å². The molecule has 0 heterocycles. The van der Waals surface area contributed by atoms with Crippen LogP contribution >= 0.6 is 11.6 Å². The fourth-order valence-electron chi connectivity index (χ4n) is 1.66. The minimum absolute atomic E-state index is 0.0443. The summed E-state index contributed by atoms with van der Waals surface area (Å²) >= 11 is 6.08. The standard InChI is InChI=1S/C14H15ClN2O3S/c1-17(2)21(18,19)12-9-8-11(14(16)13(12)15)20-10-6-4-3-5-7-10/h3-9H,16H2,1-2H3. The van der Waals surface area contributed by atoms with E-state index in [4.69, 9.17) is 22.1 Å². The minimum Gasteiger partial charge on any atom is -0.455 e. The van der Waals surface area contributed by atoms with Crippen molar-refractivity contribution in [3.05, 3.63) is 47.5 Å². The molecule has 0 unspecified atom stereocenters. The number of ether oxygens (including phenoxy) is 1. The summed E-state index contributed by atoms with van der Waals surface area (Å²) in [6, 6.07) is 11.9. The molecule has 2 N–H and O–H groups in total. The van der Waals surface area contributed by atoms with Crippen LogP contribution in [0.15, 0.2) is 47.4 Å². The number of nitrogens with two attached hydrogens (primary N) is 1. The number of hydrogen-bond donors (Lipinski definition) is 1. The highest BCUT2D eigenvalue weighted by molar-refractivity contribution is 7.89. The van der Waals surface area contributed by atoms with Gasteiger partial charge in [0.1, 0.15) is 10.6 Å². The molecule has 0 aliphatic carbocycles. The van der Waals surface area contributed by atoms with Crippen molar-refractivity contribution < 1.29 is 13.2 Å². The Hall–Kier alpha value is -1.76. The van der Waals surface area contributed by atoms with Gasteiger partial charge in [0.25, 0.3) is 0 Å². The molecule has 0 spiro atoms. The Morgan fingerprint density at radius 2 is 1.71 bits per heavy atom. The molecule has 21 heavy (non-hydrogen) atoms. The van der Waals surface area contributed by atoms with E-state index in [9.17, 15) is 8.42 Å². The van der Waals surface area contributed by atoms with Crippen LogP contribution in [0.3, 0.4) is 0 Å². The van der Waals surface area contributed by atoms with Crippen LogP contribution in [0.1, 0.15) is 0 Å². The molecule has 0 aliphatic rings. The van der Waals surface area contributed by atoms with Gasteiger partial charge in [0.05, 0.1) is 10.7 Å². The van der Waals surface area contributed by atoms with Gasteiger partial charge in [0.2, 0.25) is 10.0 Å². The lowest BCUT2D eigenvalue weighted by Crippen LogP contribution is -2.22. The van der Waals surface area contributed by atoms with Gasteiger partial charge in [0.15, 0.2) is 5.75 Å². The van der Waals surface area contributed by atoms with Crippen molar-refractivity contribution in [1.82, 2.24) is 4.31 Å². The van der Waals surface area contributed by atoms with Crippen molar-refractivity contribution in [3.8, 4) is 11.5 Å². The highest BCUT2D eigenvalue weighted by atomic mass is 35.5. The number of rotatable bonds is 4. The maximum atomic E-state index is 12.1. The predicted molar refractivity (Wildman–Crippen MR) is 83.3 cm³/mol. The third-order valence-corrected chi connectivity index (χ3v) is 5.21. The summed E-state index contributed by atoms with van der Waals surface area (Å²) in [6.07, 6.45) is 0. The third-order valence-electron chi connectivity index (χ3n) is 2.83. The molecule has 0 saturated carbocycles.